The Bertz CT molecular complexity index is 467. The molecule has 0 amide bonds. The van der Waals surface area contributed by atoms with Crippen LogP contribution in [0.15, 0.2) is 18.5 Å². The van der Waals surface area contributed by atoms with Gasteiger partial charge < -0.3 is 10.6 Å². The summed E-state index contributed by atoms with van der Waals surface area (Å²) in [6.45, 7) is 9.63. The van der Waals surface area contributed by atoms with E-state index >= 15 is 0 Å². The third-order valence-electron chi connectivity index (χ3n) is 5.71. The van der Waals surface area contributed by atoms with Crippen LogP contribution in [0.1, 0.15) is 33.1 Å². The second-order valence-corrected chi connectivity index (χ2v) is 7.00. The SMILES string of the molecule is CC1(C)CCCC1(CN)N1CCN(c2ncccn2)CC1. The Hall–Kier alpha value is -1.20. The molecule has 1 aliphatic carbocycles. The number of piperazine rings is 1. The molecule has 1 atom stereocenters. The lowest BCUT2D eigenvalue weighted by Crippen LogP contribution is -2.64. The fraction of sp³-hybridized carbons (Fsp3) is 0.750. The molecule has 2 N–H and O–H groups in total. The molecule has 3 rings (SSSR count). The highest BCUT2D eigenvalue weighted by molar-refractivity contribution is 5.29. The molecule has 116 valence electrons. The summed E-state index contributed by atoms with van der Waals surface area (Å²) in [5, 5.41) is 0. The summed E-state index contributed by atoms with van der Waals surface area (Å²) in [6, 6.07) is 1.87. The van der Waals surface area contributed by atoms with Crippen molar-refractivity contribution in [1.29, 1.82) is 0 Å². The Kier molecular flexibility index (Phi) is 3.88. The zero-order valence-corrected chi connectivity index (χ0v) is 13.3. The van der Waals surface area contributed by atoms with Crippen LogP contribution < -0.4 is 10.6 Å². The third kappa shape index (κ3) is 2.42. The lowest BCUT2D eigenvalue weighted by Gasteiger charge is -2.52. The average Bonchev–Trinajstić information content (AvgIpc) is 2.84. The Morgan fingerprint density at radius 3 is 2.29 bits per heavy atom. The molecule has 1 saturated heterocycles. The largest absolute Gasteiger partial charge is 0.338 e. The quantitative estimate of drug-likeness (QED) is 0.914. The maximum Gasteiger partial charge on any atom is 0.225 e. The molecule has 1 aliphatic heterocycles. The predicted octanol–water partition coefficient (Wildman–Crippen LogP) is 1.51. The molecule has 5 heteroatoms. The average molecular weight is 289 g/mol. The van der Waals surface area contributed by atoms with Crippen molar-refractivity contribution >= 4 is 5.95 Å². The van der Waals surface area contributed by atoms with Gasteiger partial charge in [0.15, 0.2) is 0 Å². The van der Waals surface area contributed by atoms with Gasteiger partial charge in [0.1, 0.15) is 0 Å². The zero-order valence-electron chi connectivity index (χ0n) is 13.3. The van der Waals surface area contributed by atoms with E-state index in [2.05, 4.69) is 33.6 Å². The lowest BCUT2D eigenvalue weighted by molar-refractivity contribution is 0.00863. The zero-order chi connectivity index (χ0) is 14.9. The number of anilines is 1. The molecule has 21 heavy (non-hydrogen) atoms. The van der Waals surface area contributed by atoms with E-state index in [1.54, 1.807) is 0 Å². The van der Waals surface area contributed by atoms with Crippen molar-refractivity contribution in [2.45, 2.75) is 38.6 Å². The van der Waals surface area contributed by atoms with Crippen molar-refractivity contribution in [2.75, 3.05) is 37.6 Å². The van der Waals surface area contributed by atoms with Crippen LogP contribution in [0.5, 0.6) is 0 Å². The van der Waals surface area contributed by atoms with Gasteiger partial charge in [-0.1, -0.05) is 20.3 Å². The standard InChI is InChI=1S/C16H27N5/c1-15(2)5-3-6-16(15,13-17)21-11-9-20(10-12-21)14-18-7-4-8-19-14/h4,7-8H,3,5-6,9-13,17H2,1-2H3. The molecule has 1 aromatic heterocycles. The summed E-state index contributed by atoms with van der Waals surface area (Å²) in [5.41, 5.74) is 6.73. The number of hydrogen-bond donors (Lipinski definition) is 1. The van der Waals surface area contributed by atoms with Crippen molar-refractivity contribution in [2.24, 2.45) is 11.1 Å². The summed E-state index contributed by atoms with van der Waals surface area (Å²) < 4.78 is 0. The fourth-order valence-corrected chi connectivity index (χ4v) is 4.28. The molecule has 0 radical (unpaired) electrons. The second-order valence-electron chi connectivity index (χ2n) is 7.00. The third-order valence-corrected chi connectivity index (χ3v) is 5.71. The van der Waals surface area contributed by atoms with E-state index in [0.717, 1.165) is 38.7 Å². The first-order valence-electron chi connectivity index (χ1n) is 8.06. The van der Waals surface area contributed by atoms with Gasteiger partial charge in [-0.2, -0.15) is 0 Å². The van der Waals surface area contributed by atoms with Crippen LogP contribution >= 0.6 is 0 Å². The summed E-state index contributed by atoms with van der Waals surface area (Å²) in [5.74, 6) is 0.852. The Morgan fingerprint density at radius 1 is 1.10 bits per heavy atom. The summed E-state index contributed by atoms with van der Waals surface area (Å²) in [6.07, 6.45) is 7.45. The van der Waals surface area contributed by atoms with Crippen LogP contribution in [0, 0.1) is 5.41 Å². The van der Waals surface area contributed by atoms with Gasteiger partial charge in [0.2, 0.25) is 5.95 Å². The molecule has 0 bridgehead atoms. The highest BCUT2D eigenvalue weighted by Gasteiger charge is 2.51. The van der Waals surface area contributed by atoms with E-state index in [4.69, 9.17) is 5.73 Å². The van der Waals surface area contributed by atoms with Crippen LogP contribution in [0.3, 0.4) is 0 Å². The second kappa shape index (κ2) is 5.54. The molecule has 5 nitrogen and oxygen atoms in total. The first-order valence-corrected chi connectivity index (χ1v) is 8.06. The van der Waals surface area contributed by atoms with Crippen LogP contribution in [-0.4, -0.2) is 53.1 Å². The topological polar surface area (TPSA) is 58.3 Å². The molecule has 0 spiro atoms. The number of nitrogens with two attached hydrogens (primary N) is 1. The number of hydrogen-bond acceptors (Lipinski definition) is 5. The maximum absolute atomic E-state index is 6.24. The molecule has 2 heterocycles. The fourth-order valence-electron chi connectivity index (χ4n) is 4.28. The Balaban J connectivity index is 1.71. The van der Waals surface area contributed by atoms with E-state index < -0.39 is 0 Å². The van der Waals surface area contributed by atoms with Gasteiger partial charge in [-0.15, -0.1) is 0 Å². The molecular formula is C16H27N5. The van der Waals surface area contributed by atoms with E-state index in [0.29, 0.717) is 5.41 Å². The number of nitrogens with zero attached hydrogens (tertiary/aromatic N) is 4. The molecule has 1 unspecified atom stereocenters. The molecule has 2 fully saturated rings. The Morgan fingerprint density at radius 2 is 1.76 bits per heavy atom. The van der Waals surface area contributed by atoms with Crippen LogP contribution in [0.2, 0.25) is 0 Å². The minimum atomic E-state index is 0.177. The van der Waals surface area contributed by atoms with E-state index in [1.807, 2.05) is 18.5 Å². The summed E-state index contributed by atoms with van der Waals surface area (Å²) >= 11 is 0. The monoisotopic (exact) mass is 289 g/mol. The predicted molar refractivity (Wildman–Crippen MR) is 85.2 cm³/mol. The van der Waals surface area contributed by atoms with E-state index in [9.17, 15) is 0 Å². The summed E-state index contributed by atoms with van der Waals surface area (Å²) in [4.78, 5) is 13.6. The van der Waals surface area contributed by atoms with Gasteiger partial charge in [-0.3, -0.25) is 4.90 Å². The number of rotatable bonds is 3. The van der Waals surface area contributed by atoms with Crippen LogP contribution in [0.25, 0.3) is 0 Å². The van der Waals surface area contributed by atoms with E-state index in [-0.39, 0.29) is 5.54 Å². The first-order chi connectivity index (χ1) is 10.1. The molecular weight excluding hydrogens is 262 g/mol. The van der Waals surface area contributed by atoms with Crippen molar-refractivity contribution in [3.63, 3.8) is 0 Å². The lowest BCUT2D eigenvalue weighted by atomic mass is 9.73. The van der Waals surface area contributed by atoms with Gasteiger partial charge in [-0.25, -0.2) is 9.97 Å². The van der Waals surface area contributed by atoms with Gasteiger partial charge in [-0.05, 0) is 24.3 Å². The Labute approximate surface area is 127 Å². The van der Waals surface area contributed by atoms with Crippen LogP contribution in [0.4, 0.5) is 5.95 Å². The van der Waals surface area contributed by atoms with Gasteiger partial charge >= 0.3 is 0 Å². The van der Waals surface area contributed by atoms with Gasteiger partial charge in [0.05, 0.1) is 0 Å². The maximum atomic E-state index is 6.24. The number of aromatic nitrogens is 2. The van der Waals surface area contributed by atoms with Crippen molar-refractivity contribution in [1.82, 2.24) is 14.9 Å². The summed E-state index contributed by atoms with van der Waals surface area (Å²) in [7, 11) is 0. The highest BCUT2D eigenvalue weighted by Crippen LogP contribution is 2.49. The highest BCUT2D eigenvalue weighted by atomic mass is 15.3. The van der Waals surface area contributed by atoms with Crippen molar-refractivity contribution in [3.05, 3.63) is 18.5 Å². The molecule has 1 saturated carbocycles. The minimum Gasteiger partial charge on any atom is -0.338 e. The normalized spacial score (nSPS) is 29.8. The van der Waals surface area contributed by atoms with E-state index in [1.165, 1.54) is 19.3 Å². The van der Waals surface area contributed by atoms with Crippen molar-refractivity contribution in [3.8, 4) is 0 Å². The first kappa shape index (κ1) is 14.7. The molecule has 2 aliphatic rings. The molecule has 0 aromatic carbocycles. The van der Waals surface area contributed by atoms with Crippen molar-refractivity contribution < 1.29 is 0 Å². The molecule has 1 aromatic rings. The van der Waals surface area contributed by atoms with Crippen LogP contribution in [-0.2, 0) is 0 Å². The minimum absolute atomic E-state index is 0.177. The smallest absolute Gasteiger partial charge is 0.225 e. The van der Waals surface area contributed by atoms with Gasteiger partial charge in [0.25, 0.3) is 0 Å². The van der Waals surface area contributed by atoms with Gasteiger partial charge in [0, 0.05) is 50.7 Å².